The fourth-order valence-electron chi connectivity index (χ4n) is 3.21. The Morgan fingerprint density at radius 2 is 1.80 bits per heavy atom. The zero-order chi connectivity index (χ0) is 21.5. The van der Waals surface area contributed by atoms with Gasteiger partial charge in [-0.3, -0.25) is 14.2 Å². The predicted molar refractivity (Wildman–Crippen MR) is 119 cm³/mol. The second-order valence-electron chi connectivity index (χ2n) is 7.22. The first-order chi connectivity index (χ1) is 14.5. The number of aryl methyl sites for hydroxylation is 2. The lowest BCUT2D eigenvalue weighted by atomic mass is 10.1. The largest absolute Gasteiger partial charge is 0.497 e. The summed E-state index contributed by atoms with van der Waals surface area (Å²) in [7, 11) is 1.59. The van der Waals surface area contributed by atoms with E-state index in [4.69, 9.17) is 4.74 Å². The maximum absolute atomic E-state index is 12.6. The van der Waals surface area contributed by atoms with Gasteiger partial charge in [0.25, 0.3) is 5.56 Å². The zero-order valence-corrected chi connectivity index (χ0v) is 17.6. The molecule has 0 unspecified atom stereocenters. The van der Waals surface area contributed by atoms with E-state index in [1.165, 1.54) is 16.2 Å². The molecule has 1 heterocycles. The fraction of sp³-hybridized carbons (Fsp3) is 0.292. The maximum Gasteiger partial charge on any atom is 0.254 e. The number of hydrogen-bond donors (Lipinski definition) is 1. The number of amides is 1. The van der Waals surface area contributed by atoms with Gasteiger partial charge in [-0.25, -0.2) is 4.98 Å². The molecule has 0 saturated heterocycles. The first-order valence-electron chi connectivity index (χ1n) is 10.1. The molecule has 1 N–H and O–H groups in total. The van der Waals surface area contributed by atoms with Crippen molar-refractivity contribution in [3.8, 4) is 17.1 Å². The molecule has 30 heavy (non-hydrogen) atoms. The number of benzene rings is 2. The summed E-state index contributed by atoms with van der Waals surface area (Å²) in [6, 6.07) is 16.5. The quantitative estimate of drug-likeness (QED) is 0.609. The molecule has 0 bridgehead atoms. The maximum atomic E-state index is 12.6. The number of unbranched alkanes of at least 4 members (excludes halogenated alkanes) is 1. The van der Waals surface area contributed by atoms with E-state index in [1.807, 2.05) is 36.4 Å². The van der Waals surface area contributed by atoms with Gasteiger partial charge in [0.2, 0.25) is 5.91 Å². The highest BCUT2D eigenvalue weighted by Gasteiger charge is 2.13. The Labute approximate surface area is 176 Å². The minimum absolute atomic E-state index is 0.120. The molecule has 0 radical (unpaired) electrons. The van der Waals surface area contributed by atoms with E-state index in [9.17, 15) is 9.59 Å². The molecule has 1 aromatic heterocycles. The third-order valence-corrected chi connectivity index (χ3v) is 4.84. The molecule has 0 aliphatic rings. The van der Waals surface area contributed by atoms with Crippen LogP contribution in [-0.2, 0) is 17.8 Å². The molecular formula is C24H27N3O3. The minimum Gasteiger partial charge on any atom is -0.497 e. The van der Waals surface area contributed by atoms with Gasteiger partial charge in [0, 0.05) is 23.0 Å². The van der Waals surface area contributed by atoms with E-state index < -0.39 is 0 Å². The Hall–Kier alpha value is -3.41. The molecule has 6 nitrogen and oxygen atoms in total. The lowest BCUT2D eigenvalue weighted by Crippen LogP contribution is -2.29. The summed E-state index contributed by atoms with van der Waals surface area (Å²) in [5.41, 5.74) is 3.03. The first-order valence-corrected chi connectivity index (χ1v) is 10.1. The summed E-state index contributed by atoms with van der Waals surface area (Å²) >= 11 is 0. The smallest absolute Gasteiger partial charge is 0.254 e. The highest BCUT2D eigenvalue weighted by molar-refractivity contribution is 5.90. The average Bonchev–Trinajstić information content (AvgIpc) is 2.75. The Kier molecular flexibility index (Phi) is 7.01. The number of methoxy groups -OCH3 is 1. The lowest BCUT2D eigenvalue weighted by Gasteiger charge is -2.13. The van der Waals surface area contributed by atoms with Crippen LogP contribution in [0.5, 0.6) is 5.75 Å². The number of nitrogens with one attached hydrogen (secondary N) is 1. The van der Waals surface area contributed by atoms with Gasteiger partial charge in [-0.15, -0.1) is 0 Å². The molecule has 6 heteroatoms. The van der Waals surface area contributed by atoms with Crippen molar-refractivity contribution in [3.63, 3.8) is 0 Å². The highest BCUT2D eigenvalue weighted by atomic mass is 16.5. The van der Waals surface area contributed by atoms with E-state index in [-0.39, 0.29) is 18.0 Å². The molecule has 0 fully saturated rings. The van der Waals surface area contributed by atoms with Crippen molar-refractivity contribution < 1.29 is 9.53 Å². The number of anilines is 1. The monoisotopic (exact) mass is 405 g/mol. The van der Waals surface area contributed by atoms with Crippen LogP contribution in [-0.4, -0.2) is 22.6 Å². The highest BCUT2D eigenvalue weighted by Crippen LogP contribution is 2.20. The number of hydrogen-bond acceptors (Lipinski definition) is 4. The van der Waals surface area contributed by atoms with Gasteiger partial charge in [0.15, 0.2) is 0 Å². The summed E-state index contributed by atoms with van der Waals surface area (Å²) in [4.78, 5) is 29.8. The van der Waals surface area contributed by atoms with E-state index in [0.29, 0.717) is 23.0 Å². The molecule has 0 aliphatic carbocycles. The second-order valence-corrected chi connectivity index (χ2v) is 7.22. The van der Waals surface area contributed by atoms with Crippen LogP contribution >= 0.6 is 0 Å². The van der Waals surface area contributed by atoms with Crippen molar-refractivity contribution in [1.82, 2.24) is 9.55 Å². The first kappa shape index (κ1) is 21.3. The topological polar surface area (TPSA) is 73.2 Å². The second kappa shape index (κ2) is 9.87. The summed E-state index contributed by atoms with van der Waals surface area (Å²) in [6.45, 7) is 3.81. The standard InChI is InChI=1S/C24H27N3O3/c1-4-5-6-18-7-11-20(12-8-18)26-22(28)16-27-23(29)15-17(2)25-24(27)19-9-13-21(30-3)14-10-19/h7-15H,4-6,16H2,1-3H3,(H,26,28). The van der Waals surface area contributed by atoms with Gasteiger partial charge in [-0.1, -0.05) is 25.5 Å². The molecule has 0 atom stereocenters. The van der Waals surface area contributed by atoms with Crippen LogP contribution in [0.2, 0.25) is 0 Å². The Morgan fingerprint density at radius 1 is 1.10 bits per heavy atom. The Bertz CT molecular complexity index is 1050. The summed E-state index contributed by atoms with van der Waals surface area (Å²) in [5.74, 6) is 0.881. The van der Waals surface area contributed by atoms with Crippen LogP contribution < -0.4 is 15.6 Å². The Morgan fingerprint density at radius 3 is 2.43 bits per heavy atom. The number of rotatable bonds is 8. The average molecular weight is 405 g/mol. The number of ether oxygens (including phenoxy) is 1. The molecule has 0 spiro atoms. The van der Waals surface area contributed by atoms with Gasteiger partial charge in [0.1, 0.15) is 18.1 Å². The summed E-state index contributed by atoms with van der Waals surface area (Å²) in [6.07, 6.45) is 3.32. The van der Waals surface area contributed by atoms with Gasteiger partial charge >= 0.3 is 0 Å². The third-order valence-electron chi connectivity index (χ3n) is 4.84. The van der Waals surface area contributed by atoms with Crippen molar-refractivity contribution in [2.24, 2.45) is 0 Å². The Balaban J connectivity index is 1.80. The minimum atomic E-state index is -0.279. The number of carbonyl (C=O) groups excluding carboxylic acids is 1. The predicted octanol–water partition coefficient (Wildman–Crippen LogP) is 4.21. The van der Waals surface area contributed by atoms with Crippen molar-refractivity contribution in [3.05, 3.63) is 76.2 Å². The molecule has 0 aliphatic heterocycles. The number of carbonyl (C=O) groups is 1. The van der Waals surface area contributed by atoms with Crippen molar-refractivity contribution in [2.75, 3.05) is 12.4 Å². The van der Waals surface area contributed by atoms with Crippen LogP contribution in [0.4, 0.5) is 5.69 Å². The lowest BCUT2D eigenvalue weighted by molar-refractivity contribution is -0.116. The van der Waals surface area contributed by atoms with Crippen LogP contribution in [0.15, 0.2) is 59.4 Å². The fourth-order valence-corrected chi connectivity index (χ4v) is 3.21. The third kappa shape index (κ3) is 5.35. The van der Waals surface area contributed by atoms with Crippen molar-refractivity contribution in [1.29, 1.82) is 0 Å². The molecule has 3 rings (SSSR count). The van der Waals surface area contributed by atoms with Crippen LogP contribution in [0.1, 0.15) is 31.0 Å². The van der Waals surface area contributed by atoms with Gasteiger partial charge < -0.3 is 10.1 Å². The van der Waals surface area contributed by atoms with Crippen molar-refractivity contribution >= 4 is 11.6 Å². The summed E-state index contributed by atoms with van der Waals surface area (Å²) in [5, 5.41) is 2.87. The molecule has 1 amide bonds. The van der Waals surface area contributed by atoms with E-state index in [1.54, 1.807) is 26.2 Å². The normalized spacial score (nSPS) is 10.6. The van der Waals surface area contributed by atoms with E-state index in [2.05, 4.69) is 17.2 Å². The van der Waals surface area contributed by atoms with E-state index >= 15 is 0 Å². The SMILES string of the molecule is CCCCc1ccc(NC(=O)Cn2c(-c3ccc(OC)cc3)nc(C)cc2=O)cc1. The van der Waals surface area contributed by atoms with Crippen LogP contribution in [0.3, 0.4) is 0 Å². The van der Waals surface area contributed by atoms with Gasteiger partial charge in [-0.05, 0) is 61.7 Å². The van der Waals surface area contributed by atoms with Crippen molar-refractivity contribution in [2.45, 2.75) is 39.7 Å². The number of nitrogens with zero attached hydrogens (tertiary/aromatic N) is 2. The number of aromatic nitrogens is 2. The van der Waals surface area contributed by atoms with Crippen LogP contribution in [0.25, 0.3) is 11.4 Å². The molecule has 3 aromatic rings. The van der Waals surface area contributed by atoms with Crippen LogP contribution in [0, 0.1) is 6.92 Å². The van der Waals surface area contributed by atoms with Gasteiger partial charge in [0.05, 0.1) is 7.11 Å². The summed E-state index contributed by atoms with van der Waals surface area (Å²) < 4.78 is 6.58. The molecular weight excluding hydrogens is 378 g/mol. The molecule has 2 aromatic carbocycles. The van der Waals surface area contributed by atoms with E-state index in [0.717, 1.165) is 24.8 Å². The zero-order valence-electron chi connectivity index (χ0n) is 17.6. The molecule has 156 valence electrons. The molecule has 0 saturated carbocycles. The van der Waals surface area contributed by atoms with Gasteiger partial charge in [-0.2, -0.15) is 0 Å².